The molecule has 0 radical (unpaired) electrons. The molecule has 0 spiro atoms. The molecule has 0 aliphatic carbocycles. The summed E-state index contributed by atoms with van der Waals surface area (Å²) in [5, 5.41) is 19.1. The highest BCUT2D eigenvalue weighted by atomic mass is 16.3. The second-order valence-electron chi connectivity index (χ2n) is 5.77. The van der Waals surface area contributed by atoms with E-state index in [1.807, 2.05) is 0 Å². The van der Waals surface area contributed by atoms with E-state index in [1.54, 1.807) is 0 Å². The summed E-state index contributed by atoms with van der Waals surface area (Å²) >= 11 is 0. The van der Waals surface area contributed by atoms with Crippen molar-refractivity contribution in [3.05, 3.63) is 0 Å². The summed E-state index contributed by atoms with van der Waals surface area (Å²) in [4.78, 5) is 4.69. The summed E-state index contributed by atoms with van der Waals surface area (Å²) in [6, 6.07) is 0.276. The third kappa shape index (κ3) is 3.65. The van der Waals surface area contributed by atoms with E-state index in [9.17, 15) is 10.2 Å². The van der Waals surface area contributed by atoms with Crippen molar-refractivity contribution in [3.8, 4) is 0 Å². The minimum absolute atomic E-state index is 0.191. The molecule has 2 saturated heterocycles. The van der Waals surface area contributed by atoms with Gasteiger partial charge in [0.1, 0.15) is 0 Å². The maximum atomic E-state index is 9.73. The highest BCUT2D eigenvalue weighted by molar-refractivity contribution is 4.83. The molecular weight excluding hydrogens is 216 g/mol. The van der Waals surface area contributed by atoms with Gasteiger partial charge in [0.05, 0.1) is 12.7 Å². The van der Waals surface area contributed by atoms with E-state index < -0.39 is 0 Å². The van der Waals surface area contributed by atoms with Crippen LogP contribution in [0.15, 0.2) is 0 Å². The van der Waals surface area contributed by atoms with E-state index in [0.29, 0.717) is 0 Å². The minimum atomic E-state index is -0.191. The summed E-state index contributed by atoms with van der Waals surface area (Å²) in [5.74, 6) is 0.741. The van der Waals surface area contributed by atoms with Gasteiger partial charge in [-0.25, -0.2) is 0 Å². The van der Waals surface area contributed by atoms with Crippen LogP contribution in [0.1, 0.15) is 25.7 Å². The number of aliphatic hydroxyl groups excluding tert-OH is 2. The highest BCUT2D eigenvalue weighted by Gasteiger charge is 2.29. The molecule has 100 valence electrons. The lowest BCUT2D eigenvalue weighted by atomic mass is 9.93. The van der Waals surface area contributed by atoms with Crippen LogP contribution in [0.2, 0.25) is 0 Å². The fourth-order valence-corrected chi connectivity index (χ4v) is 3.09. The van der Waals surface area contributed by atoms with Crippen LogP contribution < -0.4 is 0 Å². The molecule has 0 aromatic carbocycles. The maximum Gasteiger partial charge on any atom is 0.0667 e. The van der Waals surface area contributed by atoms with E-state index in [2.05, 4.69) is 16.8 Å². The van der Waals surface area contributed by atoms with Crippen molar-refractivity contribution >= 4 is 0 Å². The second kappa shape index (κ2) is 6.14. The number of nitrogens with zero attached hydrogens (tertiary/aromatic N) is 2. The molecule has 4 heteroatoms. The summed E-state index contributed by atoms with van der Waals surface area (Å²) < 4.78 is 0. The smallest absolute Gasteiger partial charge is 0.0667 e. The lowest BCUT2D eigenvalue weighted by Gasteiger charge is -2.40. The Morgan fingerprint density at radius 2 is 1.82 bits per heavy atom. The zero-order chi connectivity index (χ0) is 12.3. The van der Waals surface area contributed by atoms with Crippen LogP contribution in [0, 0.1) is 5.92 Å². The quantitative estimate of drug-likeness (QED) is 0.739. The van der Waals surface area contributed by atoms with Crippen LogP contribution in [0.4, 0.5) is 0 Å². The molecule has 2 rings (SSSR count). The standard InChI is InChI=1S/C13H26N2O2/c1-14-6-4-11(5-7-14)8-15-9-13(17)3-2-12(15)10-16/h11-13,16-17H,2-10H2,1H3/t12-,13-/m1/s1. The maximum absolute atomic E-state index is 9.73. The van der Waals surface area contributed by atoms with Crippen molar-refractivity contribution in [2.45, 2.75) is 37.8 Å². The van der Waals surface area contributed by atoms with E-state index in [-0.39, 0.29) is 18.8 Å². The van der Waals surface area contributed by atoms with Crippen molar-refractivity contribution in [1.82, 2.24) is 9.80 Å². The predicted octanol–water partition coefficient (Wildman–Crippen LogP) is 0.146. The zero-order valence-electron chi connectivity index (χ0n) is 10.9. The zero-order valence-corrected chi connectivity index (χ0v) is 10.9. The first-order valence-corrected chi connectivity index (χ1v) is 6.90. The van der Waals surface area contributed by atoms with Crippen molar-refractivity contribution < 1.29 is 10.2 Å². The monoisotopic (exact) mass is 242 g/mol. The molecule has 0 aromatic heterocycles. The number of hydrogen-bond acceptors (Lipinski definition) is 4. The molecule has 4 nitrogen and oxygen atoms in total. The van der Waals surface area contributed by atoms with Gasteiger partial charge in [-0.05, 0) is 51.7 Å². The van der Waals surface area contributed by atoms with E-state index in [0.717, 1.165) is 31.8 Å². The SMILES string of the molecule is CN1CCC(CN2C[C@H](O)CC[C@@H]2CO)CC1. The van der Waals surface area contributed by atoms with Crippen LogP contribution in [0.3, 0.4) is 0 Å². The number of likely N-dealkylation sites (tertiary alicyclic amines) is 2. The molecule has 0 unspecified atom stereocenters. The van der Waals surface area contributed by atoms with Gasteiger partial charge < -0.3 is 15.1 Å². The van der Waals surface area contributed by atoms with Crippen LogP contribution >= 0.6 is 0 Å². The number of hydrogen-bond donors (Lipinski definition) is 2. The first kappa shape index (κ1) is 13.3. The molecule has 2 aliphatic heterocycles. The molecule has 2 atom stereocenters. The summed E-state index contributed by atoms with van der Waals surface area (Å²) in [5.41, 5.74) is 0. The second-order valence-corrected chi connectivity index (χ2v) is 5.77. The molecule has 0 saturated carbocycles. The molecule has 2 fully saturated rings. The van der Waals surface area contributed by atoms with Crippen LogP contribution in [0.5, 0.6) is 0 Å². The minimum Gasteiger partial charge on any atom is -0.395 e. The van der Waals surface area contributed by atoms with Crippen LogP contribution in [-0.2, 0) is 0 Å². The average Bonchev–Trinajstić information content (AvgIpc) is 2.32. The molecule has 2 N–H and O–H groups in total. The predicted molar refractivity (Wildman–Crippen MR) is 67.9 cm³/mol. The Bertz CT molecular complexity index is 229. The Labute approximate surface area is 104 Å². The molecule has 0 bridgehead atoms. The number of β-amino-alcohol motifs (C(OH)–C–C–N with tert-alkyl or cyclic N) is 1. The summed E-state index contributed by atoms with van der Waals surface area (Å²) in [7, 11) is 2.18. The summed E-state index contributed by atoms with van der Waals surface area (Å²) in [6.45, 7) is 4.41. The van der Waals surface area contributed by atoms with Gasteiger partial charge in [-0.2, -0.15) is 0 Å². The summed E-state index contributed by atoms with van der Waals surface area (Å²) in [6.07, 6.45) is 4.09. The van der Waals surface area contributed by atoms with Gasteiger partial charge in [-0.1, -0.05) is 0 Å². The fourth-order valence-electron chi connectivity index (χ4n) is 3.09. The van der Waals surface area contributed by atoms with Crippen molar-refractivity contribution in [3.63, 3.8) is 0 Å². The molecule has 0 amide bonds. The average molecular weight is 242 g/mol. The van der Waals surface area contributed by atoms with E-state index in [1.165, 1.54) is 25.9 Å². The van der Waals surface area contributed by atoms with Crippen molar-refractivity contribution in [2.24, 2.45) is 5.92 Å². The topological polar surface area (TPSA) is 46.9 Å². The van der Waals surface area contributed by atoms with E-state index in [4.69, 9.17) is 0 Å². The van der Waals surface area contributed by atoms with Gasteiger partial charge in [0, 0.05) is 19.1 Å². The Hall–Kier alpha value is -0.160. The molecule has 2 heterocycles. The Morgan fingerprint density at radius 3 is 2.47 bits per heavy atom. The lowest BCUT2D eigenvalue weighted by Crippen LogP contribution is -2.50. The van der Waals surface area contributed by atoms with Gasteiger partial charge in [0.2, 0.25) is 0 Å². The fraction of sp³-hybridized carbons (Fsp3) is 1.00. The van der Waals surface area contributed by atoms with Gasteiger partial charge in [-0.15, -0.1) is 0 Å². The molecule has 2 aliphatic rings. The van der Waals surface area contributed by atoms with Gasteiger partial charge in [0.25, 0.3) is 0 Å². The highest BCUT2D eigenvalue weighted by Crippen LogP contribution is 2.23. The van der Waals surface area contributed by atoms with Crippen LogP contribution in [-0.4, -0.2) is 72.0 Å². The molecular formula is C13H26N2O2. The normalized spacial score (nSPS) is 34.1. The third-order valence-electron chi connectivity index (χ3n) is 4.34. The Morgan fingerprint density at radius 1 is 1.12 bits per heavy atom. The van der Waals surface area contributed by atoms with Gasteiger partial charge in [0.15, 0.2) is 0 Å². The van der Waals surface area contributed by atoms with Crippen LogP contribution in [0.25, 0.3) is 0 Å². The largest absolute Gasteiger partial charge is 0.395 e. The first-order chi connectivity index (χ1) is 8.19. The Balaban J connectivity index is 1.83. The van der Waals surface area contributed by atoms with Gasteiger partial charge in [-0.3, -0.25) is 4.90 Å². The number of rotatable bonds is 3. The van der Waals surface area contributed by atoms with Crippen molar-refractivity contribution in [2.75, 3.05) is 39.8 Å². The Kier molecular flexibility index (Phi) is 4.79. The molecule has 0 aromatic rings. The number of piperidine rings is 2. The third-order valence-corrected chi connectivity index (χ3v) is 4.34. The van der Waals surface area contributed by atoms with Crippen molar-refractivity contribution in [1.29, 1.82) is 0 Å². The van der Waals surface area contributed by atoms with Gasteiger partial charge >= 0.3 is 0 Å². The first-order valence-electron chi connectivity index (χ1n) is 6.90. The molecule has 17 heavy (non-hydrogen) atoms. The number of aliphatic hydroxyl groups is 2. The van der Waals surface area contributed by atoms with E-state index >= 15 is 0 Å². The lowest BCUT2D eigenvalue weighted by molar-refractivity contribution is 0.000768.